The molecule has 0 atom stereocenters. The van der Waals surface area contributed by atoms with Gasteiger partial charge in [-0.3, -0.25) is 14.2 Å². The van der Waals surface area contributed by atoms with Gasteiger partial charge in [-0.2, -0.15) is 13.2 Å². The van der Waals surface area contributed by atoms with E-state index in [0.29, 0.717) is 64.8 Å². The third-order valence-electron chi connectivity index (χ3n) is 7.96. The van der Waals surface area contributed by atoms with E-state index in [1.165, 1.54) is 18.6 Å². The lowest BCUT2D eigenvalue weighted by molar-refractivity contribution is -0.137. The Bertz CT molecular complexity index is 1490. The number of amides is 1. The minimum atomic E-state index is -4.35. The topological polar surface area (TPSA) is 76.5 Å². The number of thioether (sulfide) groups is 1. The first-order chi connectivity index (χ1) is 21.2. The quantitative estimate of drug-likeness (QED) is 0.129. The van der Waals surface area contributed by atoms with Crippen molar-refractivity contribution < 1.29 is 22.7 Å². The molecule has 1 aliphatic heterocycles. The molecule has 0 radical (unpaired) electrons. The molecular weight excluding hydrogens is 610 g/mol. The number of carbonyl (C=O) groups is 1. The number of nitrogens with one attached hydrogen (secondary N) is 1. The maximum absolute atomic E-state index is 13.9. The second kappa shape index (κ2) is 14.9. The fourth-order valence-electron chi connectivity index (χ4n) is 5.19. The molecule has 1 amide bonds. The first-order valence-corrected chi connectivity index (χ1v) is 16.4. The van der Waals surface area contributed by atoms with Crippen LogP contribution in [-0.4, -0.2) is 51.8 Å². The SMILES string of the molecule is O=C(CCNCCCCCOc1ccc(C(F)(F)F)cc1)N1CCc2nc(SC3CCC3)n(-c3ccccc3S)c(=O)c2C1. The maximum Gasteiger partial charge on any atom is 0.416 e. The van der Waals surface area contributed by atoms with Gasteiger partial charge in [-0.15, -0.1) is 12.6 Å². The number of halogens is 3. The summed E-state index contributed by atoms with van der Waals surface area (Å²) in [7, 11) is 0. The first-order valence-electron chi connectivity index (χ1n) is 15.1. The number of aromatic nitrogens is 2. The molecule has 12 heteroatoms. The van der Waals surface area contributed by atoms with E-state index in [4.69, 9.17) is 9.72 Å². The molecule has 5 rings (SSSR count). The zero-order chi connectivity index (χ0) is 31.1. The number of hydrogen-bond acceptors (Lipinski definition) is 7. The number of carbonyl (C=O) groups excluding carboxylic acids is 1. The van der Waals surface area contributed by atoms with Crippen LogP contribution in [0.2, 0.25) is 0 Å². The highest BCUT2D eigenvalue weighted by atomic mass is 32.2. The zero-order valence-electron chi connectivity index (χ0n) is 24.4. The number of para-hydroxylation sites is 1. The number of thiol groups is 1. The van der Waals surface area contributed by atoms with Crippen molar-refractivity contribution in [2.24, 2.45) is 0 Å². The van der Waals surface area contributed by atoms with Crippen LogP contribution in [-0.2, 0) is 23.9 Å². The van der Waals surface area contributed by atoms with E-state index in [2.05, 4.69) is 17.9 Å². The lowest BCUT2D eigenvalue weighted by Gasteiger charge is -2.30. The van der Waals surface area contributed by atoms with E-state index in [9.17, 15) is 22.8 Å². The number of hydrogen-bond donors (Lipinski definition) is 2. The number of benzene rings is 2. The lowest BCUT2D eigenvalue weighted by atomic mass is 10.0. The number of rotatable bonds is 13. The molecule has 1 aliphatic carbocycles. The van der Waals surface area contributed by atoms with Crippen molar-refractivity contribution in [1.29, 1.82) is 0 Å². The summed E-state index contributed by atoms with van der Waals surface area (Å²) >= 11 is 6.27. The minimum absolute atomic E-state index is 0.00144. The van der Waals surface area contributed by atoms with Crippen molar-refractivity contribution in [2.45, 2.75) is 79.4 Å². The van der Waals surface area contributed by atoms with Crippen molar-refractivity contribution in [3.63, 3.8) is 0 Å². The van der Waals surface area contributed by atoms with Crippen LogP contribution in [0.1, 0.15) is 61.8 Å². The van der Waals surface area contributed by atoms with Crippen molar-refractivity contribution >= 4 is 30.3 Å². The van der Waals surface area contributed by atoms with Gasteiger partial charge in [0, 0.05) is 36.1 Å². The van der Waals surface area contributed by atoms with Gasteiger partial charge in [0.1, 0.15) is 5.75 Å². The summed E-state index contributed by atoms with van der Waals surface area (Å²) in [4.78, 5) is 34.3. The van der Waals surface area contributed by atoms with Crippen LogP contribution < -0.4 is 15.6 Å². The third-order valence-corrected chi connectivity index (χ3v) is 9.63. The Hall–Kier alpha value is -2.96. The highest BCUT2D eigenvalue weighted by molar-refractivity contribution is 7.99. The Balaban J connectivity index is 1.06. The van der Waals surface area contributed by atoms with Gasteiger partial charge in [0.25, 0.3) is 5.56 Å². The Morgan fingerprint density at radius 3 is 2.55 bits per heavy atom. The van der Waals surface area contributed by atoms with Gasteiger partial charge in [-0.05, 0) is 75.0 Å². The molecule has 44 heavy (non-hydrogen) atoms. The molecule has 0 unspecified atom stereocenters. The summed E-state index contributed by atoms with van der Waals surface area (Å²) in [6.45, 7) is 2.50. The van der Waals surface area contributed by atoms with Crippen molar-refractivity contribution in [3.05, 3.63) is 75.7 Å². The monoisotopic (exact) mass is 646 g/mol. The zero-order valence-corrected chi connectivity index (χ0v) is 26.2. The second-order valence-corrected chi connectivity index (χ2v) is 12.9. The molecule has 1 N–H and O–H groups in total. The van der Waals surface area contributed by atoms with Crippen LogP contribution in [0, 0.1) is 0 Å². The fourth-order valence-corrected chi connectivity index (χ4v) is 6.76. The summed E-state index contributed by atoms with van der Waals surface area (Å²) in [5, 5.41) is 4.47. The molecule has 1 fully saturated rings. The van der Waals surface area contributed by atoms with Crippen molar-refractivity contribution in [3.8, 4) is 11.4 Å². The summed E-state index contributed by atoms with van der Waals surface area (Å²) in [6.07, 6.45) is 2.54. The molecule has 2 aromatic carbocycles. The van der Waals surface area contributed by atoms with Crippen LogP contribution >= 0.6 is 24.4 Å². The largest absolute Gasteiger partial charge is 0.494 e. The van der Waals surface area contributed by atoms with Crippen molar-refractivity contribution in [1.82, 2.24) is 19.8 Å². The number of nitrogens with zero attached hydrogens (tertiary/aromatic N) is 3. The standard InChI is InChI=1S/C32H37F3N4O3S2/c33-32(34,35)22-11-13-23(14-12-22)42-20-5-1-4-17-36-18-15-29(40)38-19-16-26-25(21-38)30(41)39(27-9-2-3-10-28(27)43)31(37-26)44-24-7-6-8-24/h2-3,9-14,24,36,43H,1,4-8,15-21H2. The van der Waals surface area contributed by atoms with E-state index in [1.54, 1.807) is 21.2 Å². The van der Waals surface area contributed by atoms with Gasteiger partial charge in [0.15, 0.2) is 5.16 Å². The normalized spacial score (nSPS) is 15.1. The van der Waals surface area contributed by atoms with E-state index >= 15 is 0 Å². The van der Waals surface area contributed by atoms with Crippen LogP contribution in [0.15, 0.2) is 63.4 Å². The molecule has 2 aliphatic rings. The van der Waals surface area contributed by atoms with Gasteiger partial charge >= 0.3 is 6.18 Å². The molecule has 1 saturated carbocycles. The van der Waals surface area contributed by atoms with Crippen molar-refractivity contribution in [2.75, 3.05) is 26.2 Å². The predicted octanol–water partition coefficient (Wildman–Crippen LogP) is 6.30. The van der Waals surface area contributed by atoms with Crippen LogP contribution in [0.25, 0.3) is 5.69 Å². The Morgan fingerprint density at radius 2 is 1.84 bits per heavy atom. The molecule has 0 spiro atoms. The Kier molecular flexibility index (Phi) is 11.0. The Labute approximate surface area is 265 Å². The summed E-state index contributed by atoms with van der Waals surface area (Å²) < 4.78 is 45.2. The third kappa shape index (κ3) is 8.19. The summed E-state index contributed by atoms with van der Waals surface area (Å²) in [6, 6.07) is 12.2. The van der Waals surface area contributed by atoms with E-state index in [-0.39, 0.29) is 18.0 Å². The lowest BCUT2D eigenvalue weighted by Crippen LogP contribution is -2.42. The van der Waals surface area contributed by atoms with Gasteiger partial charge in [-0.1, -0.05) is 30.3 Å². The fraction of sp³-hybridized carbons (Fsp3) is 0.469. The number of alkyl halides is 3. The molecule has 7 nitrogen and oxygen atoms in total. The van der Waals surface area contributed by atoms with Crippen LogP contribution in [0.5, 0.6) is 5.75 Å². The maximum atomic E-state index is 13.9. The van der Waals surface area contributed by atoms with Gasteiger partial charge in [0.05, 0.1) is 35.7 Å². The minimum Gasteiger partial charge on any atom is -0.494 e. The predicted molar refractivity (Wildman–Crippen MR) is 168 cm³/mol. The molecule has 0 bridgehead atoms. The number of unbranched alkanes of at least 4 members (excludes halogenated alkanes) is 2. The summed E-state index contributed by atoms with van der Waals surface area (Å²) in [5.74, 6) is 0.422. The Morgan fingerprint density at radius 1 is 1.07 bits per heavy atom. The number of ether oxygens (including phenoxy) is 1. The molecule has 0 saturated heterocycles. The first kappa shape index (κ1) is 32.4. The average molecular weight is 647 g/mol. The van der Waals surface area contributed by atoms with E-state index < -0.39 is 11.7 Å². The van der Waals surface area contributed by atoms with Crippen LogP contribution in [0.3, 0.4) is 0 Å². The van der Waals surface area contributed by atoms with E-state index in [0.717, 1.165) is 56.5 Å². The average Bonchev–Trinajstić information content (AvgIpc) is 2.98. The van der Waals surface area contributed by atoms with Gasteiger partial charge < -0.3 is 15.0 Å². The second-order valence-electron chi connectivity index (χ2n) is 11.1. The molecule has 1 aromatic heterocycles. The van der Waals surface area contributed by atoms with Gasteiger partial charge in [-0.25, -0.2) is 4.98 Å². The van der Waals surface area contributed by atoms with Gasteiger partial charge in [0.2, 0.25) is 5.91 Å². The highest BCUT2D eigenvalue weighted by Gasteiger charge is 2.30. The molecule has 3 aromatic rings. The highest BCUT2D eigenvalue weighted by Crippen LogP contribution is 2.37. The smallest absolute Gasteiger partial charge is 0.416 e. The molecular formula is C32H37F3N4O3S2. The van der Waals surface area contributed by atoms with E-state index in [1.807, 2.05) is 24.3 Å². The molecule has 236 valence electrons. The molecule has 2 heterocycles. The summed E-state index contributed by atoms with van der Waals surface area (Å²) in [5.41, 5.74) is 1.25. The number of fused-ring (bicyclic) bond motifs is 1. The van der Waals surface area contributed by atoms with Crippen LogP contribution in [0.4, 0.5) is 13.2 Å².